The quantitative estimate of drug-likeness (QED) is 0.853. The van der Waals surface area contributed by atoms with E-state index in [0.717, 1.165) is 49.1 Å². The molecule has 1 saturated carbocycles. The van der Waals surface area contributed by atoms with Crippen LogP contribution in [0.25, 0.3) is 0 Å². The number of hydrogen-bond acceptors (Lipinski definition) is 3. The first-order chi connectivity index (χ1) is 11.8. The van der Waals surface area contributed by atoms with E-state index < -0.39 is 0 Å². The maximum Gasteiger partial charge on any atom is 0.244 e. The lowest BCUT2D eigenvalue weighted by atomic mass is 9.75. The zero-order chi connectivity index (χ0) is 18.2. The Morgan fingerprint density at radius 2 is 2.00 bits per heavy atom. The molecular formula is C20H31N3O2. The molecule has 1 N–H and O–H groups in total. The van der Waals surface area contributed by atoms with Crippen molar-refractivity contribution in [1.82, 2.24) is 15.1 Å². The van der Waals surface area contributed by atoms with Crippen LogP contribution >= 0.6 is 0 Å². The topological polar surface area (TPSA) is 56.1 Å². The molecule has 1 aliphatic carbocycles. The number of aryl methyl sites for hydroxylation is 2. The number of nitrogens with one attached hydrogen (secondary N) is 1. The minimum absolute atomic E-state index is 0.0194. The van der Waals surface area contributed by atoms with Crippen LogP contribution in [0.15, 0.2) is 11.6 Å². The molecular weight excluding hydrogens is 314 g/mol. The molecule has 2 aliphatic rings. The van der Waals surface area contributed by atoms with Crippen molar-refractivity contribution in [2.75, 3.05) is 6.61 Å². The van der Waals surface area contributed by atoms with Gasteiger partial charge in [-0.2, -0.15) is 5.10 Å². The normalized spacial score (nSPS) is 25.9. The van der Waals surface area contributed by atoms with Gasteiger partial charge >= 0.3 is 0 Å². The van der Waals surface area contributed by atoms with Crippen molar-refractivity contribution in [3.8, 4) is 0 Å². The van der Waals surface area contributed by atoms with Crippen molar-refractivity contribution in [3.05, 3.63) is 28.6 Å². The number of aromatic nitrogens is 2. The van der Waals surface area contributed by atoms with Gasteiger partial charge < -0.3 is 10.1 Å². The molecule has 1 aromatic heterocycles. The fourth-order valence-electron chi connectivity index (χ4n) is 4.03. The largest absolute Gasteiger partial charge is 0.371 e. The van der Waals surface area contributed by atoms with Crippen molar-refractivity contribution in [2.24, 2.45) is 12.5 Å². The van der Waals surface area contributed by atoms with Gasteiger partial charge in [0.15, 0.2) is 0 Å². The lowest BCUT2D eigenvalue weighted by Gasteiger charge is -2.30. The van der Waals surface area contributed by atoms with Crippen LogP contribution < -0.4 is 5.32 Å². The van der Waals surface area contributed by atoms with Crippen LogP contribution in [0, 0.1) is 19.3 Å². The van der Waals surface area contributed by atoms with Gasteiger partial charge in [0.1, 0.15) is 6.10 Å². The highest BCUT2D eigenvalue weighted by molar-refractivity contribution is 5.88. The fourth-order valence-corrected chi connectivity index (χ4v) is 4.03. The zero-order valence-electron chi connectivity index (χ0n) is 16.2. The highest BCUT2D eigenvalue weighted by atomic mass is 16.5. The van der Waals surface area contributed by atoms with Gasteiger partial charge in [-0.15, -0.1) is 0 Å². The maximum absolute atomic E-state index is 12.5. The zero-order valence-corrected chi connectivity index (χ0v) is 16.2. The van der Waals surface area contributed by atoms with E-state index in [-0.39, 0.29) is 18.1 Å². The van der Waals surface area contributed by atoms with Gasteiger partial charge in [0.2, 0.25) is 5.91 Å². The number of ether oxygens (including phenoxy) is 1. The molecule has 1 aliphatic heterocycles. The van der Waals surface area contributed by atoms with Crippen LogP contribution in [0.1, 0.15) is 69.0 Å². The summed E-state index contributed by atoms with van der Waals surface area (Å²) in [6.45, 7) is 9.36. The summed E-state index contributed by atoms with van der Waals surface area (Å²) < 4.78 is 7.84. The highest BCUT2D eigenvalue weighted by Crippen LogP contribution is 2.37. The van der Waals surface area contributed by atoms with Gasteiger partial charge in [-0.05, 0) is 51.4 Å². The molecule has 0 aromatic carbocycles. The number of rotatable bonds is 3. The molecule has 5 heteroatoms. The smallest absolute Gasteiger partial charge is 0.244 e. The molecule has 2 atom stereocenters. The van der Waals surface area contributed by atoms with Crippen LogP contribution in [-0.4, -0.2) is 28.3 Å². The van der Waals surface area contributed by atoms with E-state index in [1.807, 2.05) is 24.7 Å². The first kappa shape index (κ1) is 18.2. The van der Waals surface area contributed by atoms with Crippen LogP contribution in [-0.2, 0) is 16.6 Å². The second-order valence-corrected chi connectivity index (χ2v) is 8.37. The second kappa shape index (κ2) is 6.94. The summed E-state index contributed by atoms with van der Waals surface area (Å²) in [5.74, 6) is 0.0226. The second-order valence-electron chi connectivity index (χ2n) is 8.37. The van der Waals surface area contributed by atoms with Gasteiger partial charge in [0.05, 0.1) is 11.7 Å². The van der Waals surface area contributed by atoms with E-state index in [9.17, 15) is 4.79 Å². The fraction of sp³-hybridized carbons (Fsp3) is 0.700. The van der Waals surface area contributed by atoms with Crippen molar-refractivity contribution < 1.29 is 9.53 Å². The third-order valence-corrected chi connectivity index (χ3v) is 5.85. The molecule has 5 nitrogen and oxygen atoms in total. The maximum atomic E-state index is 12.5. The predicted octanol–water partition coefficient (Wildman–Crippen LogP) is 3.51. The molecule has 3 rings (SSSR count). The first-order valence-corrected chi connectivity index (χ1v) is 9.38. The SMILES string of the molecule is Cc1nn(C)c(C)c1[C@H]1OCC[C@@H]1NC(=O)C=C1CCC(C)(C)CC1. The highest BCUT2D eigenvalue weighted by Gasteiger charge is 2.34. The number of hydrogen-bond donors (Lipinski definition) is 1. The number of allylic oxidation sites excluding steroid dienone is 1. The minimum Gasteiger partial charge on any atom is -0.371 e. The van der Waals surface area contributed by atoms with Crippen molar-refractivity contribution >= 4 is 5.91 Å². The van der Waals surface area contributed by atoms with E-state index >= 15 is 0 Å². The third kappa shape index (κ3) is 3.97. The van der Waals surface area contributed by atoms with E-state index in [0.29, 0.717) is 12.0 Å². The molecule has 25 heavy (non-hydrogen) atoms. The number of carbonyl (C=O) groups is 1. The summed E-state index contributed by atoms with van der Waals surface area (Å²) in [6, 6.07) is 0.0194. The summed E-state index contributed by atoms with van der Waals surface area (Å²) in [6.07, 6.45) is 6.97. The summed E-state index contributed by atoms with van der Waals surface area (Å²) >= 11 is 0. The summed E-state index contributed by atoms with van der Waals surface area (Å²) in [4.78, 5) is 12.5. The summed E-state index contributed by atoms with van der Waals surface area (Å²) in [7, 11) is 1.95. The Morgan fingerprint density at radius 3 is 2.60 bits per heavy atom. The van der Waals surface area contributed by atoms with Gasteiger partial charge in [0, 0.05) is 31.0 Å². The first-order valence-electron chi connectivity index (χ1n) is 9.38. The van der Waals surface area contributed by atoms with E-state index in [2.05, 4.69) is 31.2 Å². The van der Waals surface area contributed by atoms with Crippen LogP contribution in [0.4, 0.5) is 0 Å². The summed E-state index contributed by atoms with van der Waals surface area (Å²) in [5, 5.41) is 7.67. The Morgan fingerprint density at radius 1 is 1.32 bits per heavy atom. The minimum atomic E-state index is -0.0960. The van der Waals surface area contributed by atoms with E-state index in [1.165, 1.54) is 5.57 Å². The molecule has 2 heterocycles. The standard InChI is InChI=1S/C20H31N3O2/c1-13-18(14(2)23(5)22-13)19-16(8-11-25-19)21-17(24)12-15-6-9-20(3,4)10-7-15/h12,16,19H,6-11H2,1-5H3,(H,21,24)/t16-,19-/m0/s1. The van der Waals surface area contributed by atoms with Crippen molar-refractivity contribution in [2.45, 2.75) is 71.9 Å². The number of nitrogens with zero attached hydrogens (tertiary/aromatic N) is 2. The van der Waals surface area contributed by atoms with Gasteiger partial charge in [-0.3, -0.25) is 9.48 Å². The van der Waals surface area contributed by atoms with Crippen molar-refractivity contribution in [3.63, 3.8) is 0 Å². The Bertz CT molecular complexity index is 675. The van der Waals surface area contributed by atoms with Crippen LogP contribution in [0.2, 0.25) is 0 Å². The molecule has 138 valence electrons. The number of amides is 1. The van der Waals surface area contributed by atoms with Crippen LogP contribution in [0.3, 0.4) is 0 Å². The Kier molecular flexibility index (Phi) is 5.05. The predicted molar refractivity (Wildman–Crippen MR) is 98.3 cm³/mol. The lowest BCUT2D eigenvalue weighted by Crippen LogP contribution is -2.36. The summed E-state index contributed by atoms with van der Waals surface area (Å²) in [5.41, 5.74) is 4.90. The molecule has 1 aromatic rings. The molecule has 0 spiro atoms. The van der Waals surface area contributed by atoms with E-state index in [1.54, 1.807) is 0 Å². The number of carbonyl (C=O) groups excluding carboxylic acids is 1. The van der Waals surface area contributed by atoms with Crippen LogP contribution in [0.5, 0.6) is 0 Å². The van der Waals surface area contributed by atoms with Crippen molar-refractivity contribution in [1.29, 1.82) is 0 Å². The van der Waals surface area contributed by atoms with Gasteiger partial charge in [-0.1, -0.05) is 19.4 Å². The lowest BCUT2D eigenvalue weighted by molar-refractivity contribution is -0.117. The average molecular weight is 345 g/mol. The molecule has 0 bridgehead atoms. The van der Waals surface area contributed by atoms with Gasteiger partial charge in [0.25, 0.3) is 0 Å². The average Bonchev–Trinajstić information content (AvgIpc) is 3.06. The Hall–Kier alpha value is -1.62. The monoisotopic (exact) mass is 345 g/mol. The van der Waals surface area contributed by atoms with E-state index in [4.69, 9.17) is 4.74 Å². The molecule has 1 amide bonds. The third-order valence-electron chi connectivity index (χ3n) is 5.85. The Labute approximate surface area is 150 Å². The molecule has 1 saturated heterocycles. The molecule has 2 fully saturated rings. The van der Waals surface area contributed by atoms with Gasteiger partial charge in [-0.25, -0.2) is 0 Å². The Balaban J connectivity index is 1.67. The molecule has 0 radical (unpaired) electrons. The molecule has 0 unspecified atom stereocenters.